The average Bonchev–Trinajstić information content (AvgIpc) is 2.88. The highest BCUT2D eigenvalue weighted by Crippen LogP contribution is 2.52. The molecule has 1 aliphatic rings. The van der Waals surface area contributed by atoms with Gasteiger partial charge in [-0.3, -0.25) is 9.79 Å². The highest BCUT2D eigenvalue weighted by molar-refractivity contribution is 6.32. The number of esters is 2. The first-order valence-electron chi connectivity index (χ1n) is 11.9. The molecule has 39 heavy (non-hydrogen) atoms. The highest BCUT2D eigenvalue weighted by atomic mass is 35.5. The fourth-order valence-corrected chi connectivity index (χ4v) is 4.80. The molecule has 0 spiro atoms. The minimum Gasteiger partial charge on any atom is -0.478 e. The molecule has 2 rings (SSSR count). The molecule has 0 fully saturated rings. The summed E-state index contributed by atoms with van der Waals surface area (Å²) in [4.78, 5) is 56.1. The van der Waals surface area contributed by atoms with Gasteiger partial charge < -0.3 is 34.9 Å². The van der Waals surface area contributed by atoms with E-state index in [1.165, 1.54) is 32.0 Å². The zero-order chi connectivity index (χ0) is 29.2. The van der Waals surface area contributed by atoms with Gasteiger partial charge in [-0.25, -0.2) is 14.4 Å². The lowest BCUT2D eigenvalue weighted by atomic mass is 9.57. The third-order valence-electron chi connectivity index (χ3n) is 5.86. The monoisotopic (exact) mass is 566 g/mol. The van der Waals surface area contributed by atoms with Crippen LogP contribution in [0.25, 0.3) is 0 Å². The van der Waals surface area contributed by atoms with Crippen molar-refractivity contribution in [2.45, 2.75) is 19.3 Å². The summed E-state index contributed by atoms with van der Waals surface area (Å²) in [6.07, 6.45) is 0.415. The molecule has 212 valence electrons. The molecule has 2 atom stereocenters. The first-order valence-corrected chi connectivity index (χ1v) is 12.3. The number of hydrogen-bond donors (Lipinski definition) is 3. The second-order valence-electron chi connectivity index (χ2n) is 8.19. The van der Waals surface area contributed by atoms with Crippen molar-refractivity contribution in [3.63, 3.8) is 0 Å². The topological polar surface area (TPSA) is 184 Å². The summed E-state index contributed by atoms with van der Waals surface area (Å²) in [6, 6.07) is 5.87. The molecule has 1 aromatic rings. The molecule has 0 aliphatic carbocycles. The number of aliphatic imine (C=N–C) groups is 1. The Morgan fingerprint density at radius 2 is 1.79 bits per heavy atom. The zero-order valence-corrected chi connectivity index (χ0v) is 22.5. The summed E-state index contributed by atoms with van der Waals surface area (Å²) < 4.78 is 21.2. The molecule has 2 unspecified atom stereocenters. The second-order valence-corrected chi connectivity index (χ2v) is 8.60. The van der Waals surface area contributed by atoms with Gasteiger partial charge in [-0.05, 0) is 25.5 Å². The van der Waals surface area contributed by atoms with Gasteiger partial charge in [0.05, 0.1) is 62.4 Å². The van der Waals surface area contributed by atoms with E-state index in [1.807, 2.05) is 0 Å². The normalized spacial score (nSPS) is 19.4. The summed E-state index contributed by atoms with van der Waals surface area (Å²) in [5.74, 6) is -7.00. The van der Waals surface area contributed by atoms with Gasteiger partial charge in [-0.1, -0.05) is 29.8 Å². The molecule has 0 radical (unpaired) electrons. The first-order chi connectivity index (χ1) is 18.6. The number of aliphatic carboxylic acids is 2. The van der Waals surface area contributed by atoms with E-state index < -0.39 is 46.4 Å². The molecule has 0 saturated heterocycles. The highest BCUT2D eigenvalue weighted by Gasteiger charge is 2.60. The molecule has 13 heteroatoms. The van der Waals surface area contributed by atoms with Gasteiger partial charge >= 0.3 is 23.9 Å². The zero-order valence-electron chi connectivity index (χ0n) is 21.8. The lowest BCUT2D eigenvalue weighted by molar-refractivity contribution is -0.146. The fourth-order valence-electron chi connectivity index (χ4n) is 4.52. The number of ether oxygens (including phenoxy) is 4. The van der Waals surface area contributed by atoms with Crippen LogP contribution in [-0.2, 0) is 43.5 Å². The number of hydrogen-bond acceptors (Lipinski definition) is 10. The van der Waals surface area contributed by atoms with Crippen molar-refractivity contribution in [3.8, 4) is 0 Å². The summed E-state index contributed by atoms with van der Waals surface area (Å²) in [5, 5.41) is 20.0. The van der Waals surface area contributed by atoms with Crippen LogP contribution in [0.2, 0.25) is 5.02 Å². The van der Waals surface area contributed by atoms with E-state index in [0.717, 1.165) is 7.11 Å². The minimum atomic E-state index is -2.33. The summed E-state index contributed by atoms with van der Waals surface area (Å²) in [5.41, 5.74) is 1.73. The molecular weight excluding hydrogens is 536 g/mol. The lowest BCUT2D eigenvalue weighted by Gasteiger charge is -2.44. The number of carbonyl (C=O) groups is 4. The molecular formula is C26H31ClN2O10. The smallest absolute Gasteiger partial charge is 0.337 e. The third kappa shape index (κ3) is 6.90. The Bertz CT molecular complexity index is 1190. The lowest BCUT2D eigenvalue weighted by Crippen LogP contribution is -2.53. The molecule has 1 aliphatic heterocycles. The Balaban J connectivity index is 3.05. The number of carbonyl (C=O) groups excluding carboxylic acids is 2. The minimum absolute atomic E-state index is 0.0327. The Labute approximate surface area is 230 Å². The summed E-state index contributed by atoms with van der Waals surface area (Å²) >= 11 is 6.57. The van der Waals surface area contributed by atoms with Crippen molar-refractivity contribution in [3.05, 3.63) is 57.8 Å². The van der Waals surface area contributed by atoms with Gasteiger partial charge in [0.15, 0.2) is 0 Å². The van der Waals surface area contributed by atoms with E-state index in [-0.39, 0.29) is 48.4 Å². The predicted octanol–water partition coefficient (Wildman–Crippen LogP) is 1.75. The van der Waals surface area contributed by atoms with Crippen LogP contribution in [0, 0.1) is 5.92 Å². The van der Waals surface area contributed by atoms with E-state index in [4.69, 9.17) is 36.3 Å². The quantitative estimate of drug-likeness (QED) is 0.169. The second kappa shape index (κ2) is 14.5. The standard InChI is InChI=1S/C26H31ClN2O10/c1-4-39-25(35)22-19(14-38-12-11-37-10-9-28)29-15(2)21(24(34)36-3)26(22,16-7-5-6-8-18(16)27)17(23(32)33)13-20(30)31/h5-8,13,21H,4,9-12,14,28H2,1-3H3,(H,30,31)(H,32,33). The van der Waals surface area contributed by atoms with Crippen LogP contribution in [0.15, 0.2) is 52.2 Å². The maximum Gasteiger partial charge on any atom is 0.337 e. The molecule has 1 aromatic carbocycles. The van der Waals surface area contributed by atoms with Gasteiger partial charge in [-0.2, -0.15) is 0 Å². The van der Waals surface area contributed by atoms with Crippen molar-refractivity contribution in [1.82, 2.24) is 0 Å². The Morgan fingerprint density at radius 3 is 2.36 bits per heavy atom. The summed E-state index contributed by atoms with van der Waals surface area (Å²) in [7, 11) is 1.07. The predicted molar refractivity (Wildman–Crippen MR) is 139 cm³/mol. The van der Waals surface area contributed by atoms with Crippen LogP contribution in [0.5, 0.6) is 0 Å². The third-order valence-corrected chi connectivity index (χ3v) is 6.19. The van der Waals surface area contributed by atoms with E-state index in [1.54, 1.807) is 6.07 Å². The molecule has 4 N–H and O–H groups in total. The maximum atomic E-state index is 13.7. The van der Waals surface area contributed by atoms with Crippen LogP contribution in [-0.4, -0.2) is 86.5 Å². The van der Waals surface area contributed by atoms with Crippen molar-refractivity contribution in [2.24, 2.45) is 16.6 Å². The molecule has 0 aromatic heterocycles. The first kappa shape index (κ1) is 31.6. The molecule has 0 bridgehead atoms. The van der Waals surface area contributed by atoms with E-state index in [2.05, 4.69) is 4.99 Å². The number of carboxylic acid groups (broad SMARTS) is 2. The number of rotatable bonds is 14. The Hall–Kier alpha value is -3.58. The van der Waals surface area contributed by atoms with E-state index >= 15 is 0 Å². The van der Waals surface area contributed by atoms with Gasteiger partial charge in [0.2, 0.25) is 0 Å². The summed E-state index contributed by atoms with van der Waals surface area (Å²) in [6.45, 7) is 3.34. The number of benzene rings is 1. The Kier molecular flexibility index (Phi) is 11.8. The van der Waals surface area contributed by atoms with Crippen molar-refractivity contribution in [1.29, 1.82) is 0 Å². The van der Waals surface area contributed by atoms with E-state index in [0.29, 0.717) is 19.2 Å². The van der Waals surface area contributed by atoms with Gasteiger partial charge in [0, 0.05) is 23.4 Å². The Morgan fingerprint density at radius 1 is 1.13 bits per heavy atom. The van der Waals surface area contributed by atoms with Crippen molar-refractivity contribution in [2.75, 3.05) is 46.7 Å². The molecule has 0 amide bonds. The van der Waals surface area contributed by atoms with Crippen LogP contribution in [0.4, 0.5) is 0 Å². The van der Waals surface area contributed by atoms with Gasteiger partial charge in [-0.15, -0.1) is 0 Å². The fraction of sp³-hybridized carbons (Fsp3) is 0.423. The number of nitrogens with zero attached hydrogens (tertiary/aromatic N) is 1. The SMILES string of the molecule is CCOC(=O)C1=C(COCCOCCN)N=C(C)C(C(=O)OC)C1(C(=CC(=O)O)C(=O)O)c1ccccc1Cl. The number of halogens is 1. The van der Waals surface area contributed by atoms with Gasteiger partial charge in [0.25, 0.3) is 0 Å². The van der Waals surface area contributed by atoms with Crippen LogP contribution >= 0.6 is 11.6 Å². The van der Waals surface area contributed by atoms with Crippen LogP contribution in [0.3, 0.4) is 0 Å². The largest absolute Gasteiger partial charge is 0.478 e. The van der Waals surface area contributed by atoms with Crippen LogP contribution in [0.1, 0.15) is 19.4 Å². The molecule has 1 heterocycles. The number of carboxylic acids is 2. The number of nitrogens with two attached hydrogens (primary N) is 1. The number of methoxy groups -OCH3 is 1. The maximum absolute atomic E-state index is 13.7. The average molecular weight is 567 g/mol. The van der Waals surface area contributed by atoms with Crippen LogP contribution < -0.4 is 5.73 Å². The van der Waals surface area contributed by atoms with Crippen molar-refractivity contribution >= 4 is 41.2 Å². The van der Waals surface area contributed by atoms with Gasteiger partial charge in [0.1, 0.15) is 5.92 Å². The van der Waals surface area contributed by atoms with Crippen molar-refractivity contribution < 1.29 is 48.3 Å². The molecule has 0 saturated carbocycles. The molecule has 12 nitrogen and oxygen atoms in total. The van der Waals surface area contributed by atoms with E-state index in [9.17, 15) is 29.4 Å².